The van der Waals surface area contributed by atoms with Crippen molar-refractivity contribution < 1.29 is 14.6 Å². The van der Waals surface area contributed by atoms with E-state index in [1.54, 1.807) is 24.3 Å². The average molecular weight is 234 g/mol. The van der Waals surface area contributed by atoms with Crippen molar-refractivity contribution in [3.8, 4) is 0 Å². The highest BCUT2D eigenvalue weighted by Gasteiger charge is 2.26. The molecule has 3 nitrogen and oxygen atoms in total. The minimum atomic E-state index is -0.579. The van der Waals surface area contributed by atoms with Crippen LogP contribution in [0.4, 0.5) is 0 Å². The molecule has 0 aliphatic rings. The lowest BCUT2D eigenvalue weighted by atomic mass is 9.86. The molecule has 0 saturated carbocycles. The number of benzene rings is 1. The van der Waals surface area contributed by atoms with Gasteiger partial charge in [-0.15, -0.1) is 0 Å². The molecule has 0 heterocycles. The van der Waals surface area contributed by atoms with Crippen LogP contribution in [-0.4, -0.2) is 24.3 Å². The number of hydrogen-bond donors (Lipinski definition) is 1. The van der Waals surface area contributed by atoms with E-state index >= 15 is 0 Å². The quantitative estimate of drug-likeness (QED) is 0.628. The lowest BCUT2D eigenvalue weighted by Crippen LogP contribution is -2.30. The van der Waals surface area contributed by atoms with Gasteiger partial charge in [-0.2, -0.15) is 0 Å². The van der Waals surface area contributed by atoms with E-state index in [2.05, 4.69) is 6.58 Å². The summed E-state index contributed by atoms with van der Waals surface area (Å²) in [5.74, 6) is -0.383. The molecule has 92 valence electrons. The third-order valence-electron chi connectivity index (χ3n) is 2.91. The Hall–Kier alpha value is -1.61. The molecular formula is C14H18O3. The molecule has 0 saturated heterocycles. The molecule has 0 radical (unpaired) electrons. The predicted molar refractivity (Wildman–Crippen MR) is 66.7 cm³/mol. The van der Waals surface area contributed by atoms with Crippen LogP contribution < -0.4 is 0 Å². The number of rotatable bonds is 5. The van der Waals surface area contributed by atoms with Crippen LogP contribution >= 0.6 is 0 Å². The van der Waals surface area contributed by atoms with Crippen molar-refractivity contribution in [2.45, 2.75) is 13.8 Å². The second kappa shape index (κ2) is 5.64. The Bertz CT molecular complexity index is 397. The molecule has 0 aliphatic heterocycles. The van der Waals surface area contributed by atoms with E-state index in [1.165, 1.54) is 0 Å². The molecule has 17 heavy (non-hydrogen) atoms. The number of carbonyl (C=O) groups is 1. The summed E-state index contributed by atoms with van der Waals surface area (Å²) in [4.78, 5) is 11.7. The maximum absolute atomic E-state index is 11.7. The van der Waals surface area contributed by atoms with Gasteiger partial charge in [0.25, 0.3) is 0 Å². The summed E-state index contributed by atoms with van der Waals surface area (Å²) >= 11 is 0. The first-order chi connectivity index (χ1) is 7.99. The summed E-state index contributed by atoms with van der Waals surface area (Å²) < 4.78 is 5.19. The van der Waals surface area contributed by atoms with Crippen molar-refractivity contribution in [3.05, 3.63) is 48.0 Å². The highest BCUT2D eigenvalue weighted by Crippen LogP contribution is 2.25. The van der Waals surface area contributed by atoms with Crippen molar-refractivity contribution in [1.29, 1.82) is 0 Å². The van der Waals surface area contributed by atoms with Crippen LogP contribution in [0.1, 0.15) is 24.2 Å². The highest BCUT2D eigenvalue weighted by atomic mass is 16.5. The van der Waals surface area contributed by atoms with Crippen LogP contribution in [0.25, 0.3) is 0 Å². The maximum Gasteiger partial charge on any atom is 0.338 e. The van der Waals surface area contributed by atoms with Gasteiger partial charge in [0.05, 0.1) is 12.2 Å². The molecule has 1 aromatic rings. The smallest absolute Gasteiger partial charge is 0.338 e. The van der Waals surface area contributed by atoms with E-state index in [-0.39, 0.29) is 19.2 Å². The number of ether oxygens (including phenoxy) is 1. The van der Waals surface area contributed by atoms with Crippen LogP contribution in [0.5, 0.6) is 0 Å². The molecule has 0 amide bonds. The van der Waals surface area contributed by atoms with Crippen LogP contribution in [0.15, 0.2) is 42.5 Å². The Morgan fingerprint density at radius 2 is 2.00 bits per heavy atom. The lowest BCUT2D eigenvalue weighted by Gasteiger charge is -2.27. The second-order valence-electron chi connectivity index (χ2n) is 4.44. The van der Waals surface area contributed by atoms with Gasteiger partial charge in [0.1, 0.15) is 6.61 Å². The Kier molecular flexibility index (Phi) is 4.46. The first-order valence-electron chi connectivity index (χ1n) is 5.48. The normalized spacial score (nSPS) is 13.8. The van der Waals surface area contributed by atoms with E-state index in [0.29, 0.717) is 5.56 Å². The highest BCUT2D eigenvalue weighted by molar-refractivity contribution is 5.89. The number of carbonyl (C=O) groups excluding carboxylic acids is 1. The van der Waals surface area contributed by atoms with Gasteiger partial charge in [-0.05, 0) is 19.1 Å². The predicted octanol–water partition coefficient (Wildman–Crippen LogP) is 2.42. The number of hydrogen-bond acceptors (Lipinski definition) is 3. The SMILES string of the molecule is C=C(C)[C@](C)(CO)COC(=O)c1ccccc1. The third-order valence-corrected chi connectivity index (χ3v) is 2.91. The summed E-state index contributed by atoms with van der Waals surface area (Å²) in [7, 11) is 0. The van der Waals surface area contributed by atoms with E-state index in [1.807, 2.05) is 19.9 Å². The molecule has 0 aromatic heterocycles. The van der Waals surface area contributed by atoms with Crippen LogP contribution in [0, 0.1) is 5.41 Å². The molecular weight excluding hydrogens is 216 g/mol. The molecule has 1 aromatic carbocycles. The third kappa shape index (κ3) is 3.43. The second-order valence-corrected chi connectivity index (χ2v) is 4.44. The molecule has 0 bridgehead atoms. The fourth-order valence-electron chi connectivity index (χ4n) is 1.19. The zero-order chi connectivity index (χ0) is 12.9. The van der Waals surface area contributed by atoms with Gasteiger partial charge in [0, 0.05) is 5.41 Å². The van der Waals surface area contributed by atoms with Gasteiger partial charge in [0.2, 0.25) is 0 Å². The number of esters is 1. The van der Waals surface area contributed by atoms with Crippen molar-refractivity contribution in [1.82, 2.24) is 0 Å². The fraction of sp³-hybridized carbons (Fsp3) is 0.357. The van der Waals surface area contributed by atoms with Crippen LogP contribution in [-0.2, 0) is 4.74 Å². The van der Waals surface area contributed by atoms with E-state index in [0.717, 1.165) is 5.57 Å². The van der Waals surface area contributed by atoms with Gasteiger partial charge >= 0.3 is 5.97 Å². The summed E-state index contributed by atoms with van der Waals surface area (Å²) in [6.45, 7) is 7.46. The van der Waals surface area contributed by atoms with Crippen molar-refractivity contribution in [3.63, 3.8) is 0 Å². The van der Waals surface area contributed by atoms with E-state index in [9.17, 15) is 9.90 Å². The molecule has 1 rings (SSSR count). The molecule has 0 fully saturated rings. The topological polar surface area (TPSA) is 46.5 Å². The average Bonchev–Trinajstić information content (AvgIpc) is 2.36. The molecule has 1 atom stereocenters. The molecule has 0 unspecified atom stereocenters. The fourth-order valence-corrected chi connectivity index (χ4v) is 1.19. The first-order valence-corrected chi connectivity index (χ1v) is 5.48. The lowest BCUT2D eigenvalue weighted by molar-refractivity contribution is 0.0265. The summed E-state index contributed by atoms with van der Waals surface area (Å²) in [5, 5.41) is 9.29. The molecule has 3 heteroatoms. The van der Waals surface area contributed by atoms with Gasteiger partial charge in [-0.25, -0.2) is 4.79 Å². The summed E-state index contributed by atoms with van der Waals surface area (Å²) in [5.41, 5.74) is 0.722. The van der Waals surface area contributed by atoms with Crippen molar-refractivity contribution in [2.24, 2.45) is 5.41 Å². The van der Waals surface area contributed by atoms with Gasteiger partial charge < -0.3 is 9.84 Å². The standard InChI is InChI=1S/C14H18O3/c1-11(2)14(3,9-15)10-17-13(16)12-7-5-4-6-8-12/h4-8,15H,1,9-10H2,2-3H3/t14-/m1/s1. The van der Waals surface area contributed by atoms with Crippen LogP contribution in [0.2, 0.25) is 0 Å². The Morgan fingerprint density at radius 3 is 2.47 bits per heavy atom. The Balaban J connectivity index is 2.63. The van der Waals surface area contributed by atoms with Gasteiger partial charge in [-0.1, -0.05) is 37.3 Å². The number of aliphatic hydroxyl groups is 1. The van der Waals surface area contributed by atoms with Crippen molar-refractivity contribution in [2.75, 3.05) is 13.2 Å². The molecule has 1 N–H and O–H groups in total. The largest absolute Gasteiger partial charge is 0.461 e. The summed E-state index contributed by atoms with van der Waals surface area (Å²) in [6, 6.07) is 8.78. The van der Waals surface area contributed by atoms with Crippen LogP contribution in [0.3, 0.4) is 0 Å². The Labute approximate surface area is 102 Å². The Morgan fingerprint density at radius 1 is 1.41 bits per heavy atom. The van der Waals surface area contributed by atoms with Gasteiger partial charge in [-0.3, -0.25) is 0 Å². The zero-order valence-corrected chi connectivity index (χ0v) is 10.3. The zero-order valence-electron chi connectivity index (χ0n) is 10.3. The number of aliphatic hydroxyl groups excluding tert-OH is 1. The monoisotopic (exact) mass is 234 g/mol. The molecule has 0 aliphatic carbocycles. The minimum absolute atomic E-state index is 0.0929. The van der Waals surface area contributed by atoms with E-state index in [4.69, 9.17) is 4.74 Å². The van der Waals surface area contributed by atoms with E-state index < -0.39 is 5.41 Å². The molecule has 0 spiro atoms. The van der Waals surface area contributed by atoms with Gasteiger partial charge in [0.15, 0.2) is 0 Å². The van der Waals surface area contributed by atoms with Crippen molar-refractivity contribution >= 4 is 5.97 Å². The minimum Gasteiger partial charge on any atom is -0.461 e. The summed E-state index contributed by atoms with van der Waals surface area (Å²) in [6.07, 6.45) is 0. The maximum atomic E-state index is 11.7. The first kappa shape index (κ1) is 13.5.